The molecule has 0 bridgehead atoms. The summed E-state index contributed by atoms with van der Waals surface area (Å²) in [5, 5.41) is 7.28. The summed E-state index contributed by atoms with van der Waals surface area (Å²) in [5.41, 5.74) is 30.6. The van der Waals surface area contributed by atoms with Crippen molar-refractivity contribution in [3.8, 4) is 44.5 Å². The predicted octanol–water partition coefficient (Wildman–Crippen LogP) is 24.8. The number of hydrogen-bond donors (Lipinski definition) is 0. The molecule has 16 aromatic carbocycles. The minimum absolute atomic E-state index is 0.514. The van der Waals surface area contributed by atoms with E-state index in [1.54, 1.807) is 0 Å². The van der Waals surface area contributed by atoms with Crippen LogP contribution in [0.25, 0.3) is 76.8 Å². The van der Waals surface area contributed by atoms with E-state index in [1.165, 1.54) is 132 Å². The quantitative estimate of drug-likeness (QED) is 0.113. The van der Waals surface area contributed by atoms with Crippen LogP contribution < -0.4 is 9.80 Å². The second-order valence-electron chi connectivity index (χ2n) is 26.6. The Hall–Kier alpha value is -11.8. The first-order valence-electron chi connectivity index (χ1n) is 33.6. The van der Waals surface area contributed by atoms with Gasteiger partial charge in [0.25, 0.3) is 0 Å². The van der Waals surface area contributed by atoms with Crippen LogP contribution in [-0.4, -0.2) is 0 Å². The van der Waals surface area contributed by atoms with E-state index in [2.05, 4.69) is 377 Å². The third kappa shape index (κ3) is 8.79. The van der Waals surface area contributed by atoms with Gasteiger partial charge in [0.1, 0.15) is 0 Å². The number of hydrogen-bond acceptors (Lipinski definition) is 2. The van der Waals surface area contributed by atoms with Crippen molar-refractivity contribution in [2.24, 2.45) is 0 Å². The van der Waals surface area contributed by atoms with Crippen LogP contribution in [0, 0.1) is 27.7 Å². The largest absolute Gasteiger partial charge is 0.310 e. The van der Waals surface area contributed by atoms with Crippen LogP contribution in [0.1, 0.15) is 66.8 Å². The zero-order chi connectivity index (χ0) is 64.2. The average molecular weight is 1230 g/mol. The lowest BCUT2D eigenvalue weighted by molar-refractivity contribution is 0.767. The molecule has 0 saturated carbocycles. The molecule has 0 unspecified atom stereocenters. The molecule has 2 aliphatic carbocycles. The van der Waals surface area contributed by atoms with Crippen molar-refractivity contribution >= 4 is 66.4 Å². The fourth-order valence-corrected chi connectivity index (χ4v) is 16.9. The number of nitrogens with zero attached hydrogens (tertiary/aromatic N) is 2. The predicted molar refractivity (Wildman–Crippen MR) is 404 cm³/mol. The minimum atomic E-state index is -0.514. The molecule has 0 aromatic heterocycles. The summed E-state index contributed by atoms with van der Waals surface area (Å²) in [4.78, 5) is 4.97. The number of fused-ring (bicyclic) bond motifs is 6. The van der Waals surface area contributed by atoms with Crippen molar-refractivity contribution in [3.63, 3.8) is 0 Å². The summed E-state index contributed by atoms with van der Waals surface area (Å²) >= 11 is 0. The van der Waals surface area contributed by atoms with Gasteiger partial charge in [0.05, 0.1) is 22.2 Å². The van der Waals surface area contributed by atoms with Gasteiger partial charge in [0, 0.05) is 33.5 Å². The summed E-state index contributed by atoms with van der Waals surface area (Å²) in [6, 6.07) is 128. The van der Waals surface area contributed by atoms with E-state index >= 15 is 0 Å². The van der Waals surface area contributed by atoms with Gasteiger partial charge in [-0.2, -0.15) is 0 Å². The SMILES string of the molecule is Cc1cccc(N(c2cccc(-c3cccc(C4(c5cccc(C)c5)c5ccccc5-c5ccccc54)c3)c2)c2ccc3ccc4c(N(c5cccc(C)c5)c5cccc(-c6cccc(C7(c8cccc(C)c8)c8ccccc8-c8ccccc87)c6)c5)ccc5ccc2c3c54)c1. The summed E-state index contributed by atoms with van der Waals surface area (Å²) in [6.07, 6.45) is 0. The van der Waals surface area contributed by atoms with E-state index in [0.717, 1.165) is 45.3 Å². The van der Waals surface area contributed by atoms with Crippen LogP contribution in [0.3, 0.4) is 0 Å². The van der Waals surface area contributed by atoms with Gasteiger partial charge in [-0.05, 0) is 222 Å². The highest BCUT2D eigenvalue weighted by Crippen LogP contribution is 2.59. The van der Waals surface area contributed by atoms with Crippen molar-refractivity contribution in [3.05, 3.63) is 406 Å². The lowest BCUT2D eigenvalue weighted by Crippen LogP contribution is -2.28. The molecule has 96 heavy (non-hydrogen) atoms. The molecular formula is C94H68N2. The van der Waals surface area contributed by atoms with Gasteiger partial charge in [-0.15, -0.1) is 0 Å². The lowest BCUT2D eigenvalue weighted by atomic mass is 9.67. The Kier molecular flexibility index (Phi) is 13.3. The first kappa shape index (κ1) is 56.9. The third-order valence-electron chi connectivity index (χ3n) is 20.9. The Labute approximate surface area is 562 Å². The molecule has 0 fully saturated rings. The van der Waals surface area contributed by atoms with E-state index in [0.29, 0.717) is 0 Å². The van der Waals surface area contributed by atoms with Gasteiger partial charge in [0.2, 0.25) is 0 Å². The van der Waals surface area contributed by atoms with E-state index < -0.39 is 10.8 Å². The van der Waals surface area contributed by atoms with Crippen molar-refractivity contribution in [2.45, 2.75) is 38.5 Å². The smallest absolute Gasteiger partial charge is 0.0713 e. The summed E-state index contributed by atoms with van der Waals surface area (Å²) < 4.78 is 0. The van der Waals surface area contributed by atoms with Crippen LogP contribution in [0.5, 0.6) is 0 Å². The zero-order valence-corrected chi connectivity index (χ0v) is 54.2. The van der Waals surface area contributed by atoms with E-state index in [1.807, 2.05) is 0 Å². The van der Waals surface area contributed by atoms with Crippen molar-refractivity contribution < 1.29 is 0 Å². The second kappa shape index (κ2) is 22.4. The van der Waals surface area contributed by atoms with Crippen LogP contribution in [0.15, 0.2) is 340 Å². The molecule has 0 atom stereocenters. The molecule has 454 valence electrons. The maximum atomic E-state index is 2.48. The lowest BCUT2D eigenvalue weighted by Gasteiger charge is -2.34. The average Bonchev–Trinajstić information content (AvgIpc) is 1.56. The second-order valence-corrected chi connectivity index (χ2v) is 26.6. The Morgan fingerprint density at radius 1 is 0.219 bits per heavy atom. The summed E-state index contributed by atoms with van der Waals surface area (Å²) in [5.74, 6) is 0. The molecular weight excluding hydrogens is 1160 g/mol. The van der Waals surface area contributed by atoms with Crippen LogP contribution in [-0.2, 0) is 10.8 Å². The number of benzene rings is 16. The monoisotopic (exact) mass is 1220 g/mol. The van der Waals surface area contributed by atoms with Crippen molar-refractivity contribution in [2.75, 3.05) is 9.80 Å². The van der Waals surface area contributed by atoms with Gasteiger partial charge < -0.3 is 9.80 Å². The van der Waals surface area contributed by atoms with Gasteiger partial charge in [-0.1, -0.05) is 278 Å². The molecule has 2 nitrogen and oxygen atoms in total. The molecule has 0 amide bonds. The van der Waals surface area contributed by atoms with Crippen molar-refractivity contribution in [1.29, 1.82) is 0 Å². The van der Waals surface area contributed by atoms with Crippen LogP contribution in [0.4, 0.5) is 34.1 Å². The molecule has 2 heteroatoms. The number of aryl methyl sites for hydroxylation is 4. The molecule has 16 aromatic rings. The highest BCUT2D eigenvalue weighted by molar-refractivity contribution is 6.28. The van der Waals surface area contributed by atoms with Crippen molar-refractivity contribution in [1.82, 2.24) is 0 Å². The zero-order valence-electron chi connectivity index (χ0n) is 54.2. The van der Waals surface area contributed by atoms with Gasteiger partial charge >= 0.3 is 0 Å². The highest BCUT2D eigenvalue weighted by atomic mass is 15.2. The topological polar surface area (TPSA) is 6.48 Å². The minimum Gasteiger partial charge on any atom is -0.310 e. The molecule has 0 heterocycles. The Balaban J connectivity index is 0.774. The molecule has 0 N–H and O–H groups in total. The summed E-state index contributed by atoms with van der Waals surface area (Å²) in [6.45, 7) is 8.81. The normalized spacial score (nSPS) is 13.2. The molecule has 0 spiro atoms. The van der Waals surface area contributed by atoms with E-state index in [9.17, 15) is 0 Å². The fourth-order valence-electron chi connectivity index (χ4n) is 16.9. The fraction of sp³-hybridized carbons (Fsp3) is 0.0638. The van der Waals surface area contributed by atoms with Gasteiger partial charge in [-0.3, -0.25) is 0 Å². The van der Waals surface area contributed by atoms with E-state index in [4.69, 9.17) is 0 Å². The van der Waals surface area contributed by atoms with Crippen LogP contribution in [0.2, 0.25) is 0 Å². The number of anilines is 6. The molecule has 2 aliphatic rings. The summed E-state index contributed by atoms with van der Waals surface area (Å²) in [7, 11) is 0. The highest BCUT2D eigenvalue weighted by Gasteiger charge is 2.48. The maximum Gasteiger partial charge on any atom is 0.0713 e. The first-order valence-corrected chi connectivity index (χ1v) is 33.6. The molecule has 0 aliphatic heterocycles. The Bertz CT molecular complexity index is 5320. The Morgan fingerprint density at radius 2 is 0.500 bits per heavy atom. The maximum absolute atomic E-state index is 2.48. The van der Waals surface area contributed by atoms with Crippen LogP contribution >= 0.6 is 0 Å². The number of rotatable bonds is 12. The molecule has 0 radical (unpaired) electrons. The standard InChI is InChI=1S/C94H68N2/c1-61-21-13-29-71(53-61)93(85-41-9-5-37-79(85)80-38-6-10-42-86(80)93)73-31-17-25-67(57-73)69-27-19-35-77(59-69)95(75-33-15-23-63(3)55-75)89-51-47-65-46-50-84-90(52-48-66-45-49-83(89)91(65)92(66)84)96(76-34-16-24-64(4)56-76)78-36-20-28-70(60-78)68-26-18-32-74(58-68)94(72-30-14-22-62(2)54-72)87-43-11-7-39-81(87)82-40-8-12-44-88(82)94/h5-60H,1-4H3. The Morgan fingerprint density at radius 3 is 0.854 bits per heavy atom. The van der Waals surface area contributed by atoms with E-state index in [-0.39, 0.29) is 0 Å². The first-order chi connectivity index (χ1) is 47.2. The third-order valence-corrected chi connectivity index (χ3v) is 20.9. The molecule has 18 rings (SSSR count). The molecule has 0 saturated heterocycles. The van der Waals surface area contributed by atoms with Gasteiger partial charge in [-0.25, -0.2) is 0 Å². The van der Waals surface area contributed by atoms with Gasteiger partial charge in [0.15, 0.2) is 0 Å².